The summed E-state index contributed by atoms with van der Waals surface area (Å²) in [7, 11) is 0. The predicted octanol–water partition coefficient (Wildman–Crippen LogP) is 5.40. The van der Waals surface area contributed by atoms with Crippen LogP contribution in [-0.2, 0) is 0 Å². The first-order chi connectivity index (χ1) is 11.3. The molecular weight excluding hydrogens is 399 g/mol. The second kappa shape index (κ2) is 6.04. The summed E-state index contributed by atoms with van der Waals surface area (Å²) in [5, 5.41) is 0. The maximum Gasteiger partial charge on any atom is 0.232 e. The molecular formula is C19H13IN2O. The Balaban J connectivity index is 1.87. The van der Waals surface area contributed by atoms with Gasteiger partial charge in [-0.1, -0.05) is 36.4 Å². The van der Waals surface area contributed by atoms with Crippen molar-refractivity contribution in [1.29, 1.82) is 0 Å². The molecule has 2 aromatic heterocycles. The van der Waals surface area contributed by atoms with Crippen molar-refractivity contribution >= 4 is 28.2 Å². The Morgan fingerprint density at radius 1 is 0.826 bits per heavy atom. The van der Waals surface area contributed by atoms with Gasteiger partial charge in [0, 0.05) is 15.3 Å². The van der Waals surface area contributed by atoms with Crippen LogP contribution in [0.1, 0.15) is 0 Å². The molecule has 0 spiro atoms. The molecule has 23 heavy (non-hydrogen) atoms. The van der Waals surface area contributed by atoms with Gasteiger partial charge in [-0.05, 0) is 59.0 Å². The van der Waals surface area contributed by atoms with Crippen LogP contribution in [0.2, 0.25) is 0 Å². The molecule has 0 fully saturated rings. The van der Waals surface area contributed by atoms with Gasteiger partial charge in [0.05, 0.1) is 0 Å². The van der Waals surface area contributed by atoms with Gasteiger partial charge in [-0.3, -0.25) is 4.40 Å². The van der Waals surface area contributed by atoms with Gasteiger partial charge in [0.15, 0.2) is 0 Å². The molecule has 0 saturated carbocycles. The minimum atomic E-state index is 0.730. The molecule has 0 radical (unpaired) electrons. The van der Waals surface area contributed by atoms with Gasteiger partial charge in [0.1, 0.15) is 17.1 Å². The van der Waals surface area contributed by atoms with Gasteiger partial charge < -0.3 is 4.74 Å². The van der Waals surface area contributed by atoms with Crippen molar-refractivity contribution in [2.24, 2.45) is 0 Å². The number of ether oxygens (including phenoxy) is 1. The molecule has 0 N–H and O–H groups in total. The van der Waals surface area contributed by atoms with E-state index in [1.165, 1.54) is 3.57 Å². The van der Waals surface area contributed by atoms with E-state index in [4.69, 9.17) is 9.72 Å². The molecule has 3 nitrogen and oxygen atoms in total. The Bertz CT molecular complexity index is 946. The Kier molecular flexibility index (Phi) is 3.75. The van der Waals surface area contributed by atoms with E-state index in [9.17, 15) is 0 Å². The molecule has 0 aliphatic carbocycles. The highest BCUT2D eigenvalue weighted by molar-refractivity contribution is 14.1. The van der Waals surface area contributed by atoms with Crippen LogP contribution in [0, 0.1) is 3.57 Å². The third-order valence-corrected chi connectivity index (χ3v) is 4.28. The molecule has 4 heteroatoms. The fourth-order valence-corrected chi connectivity index (χ4v) is 2.83. The van der Waals surface area contributed by atoms with E-state index in [1.807, 2.05) is 83.4 Å². The number of rotatable bonds is 3. The molecule has 4 rings (SSSR count). The number of nitrogens with zero attached hydrogens (tertiary/aromatic N) is 2. The highest BCUT2D eigenvalue weighted by atomic mass is 127. The Morgan fingerprint density at radius 2 is 1.57 bits per heavy atom. The Hall–Kier alpha value is -2.34. The van der Waals surface area contributed by atoms with E-state index >= 15 is 0 Å². The van der Waals surface area contributed by atoms with E-state index in [-0.39, 0.29) is 0 Å². The van der Waals surface area contributed by atoms with Crippen LogP contribution >= 0.6 is 22.6 Å². The van der Waals surface area contributed by atoms with Gasteiger partial charge in [0.25, 0.3) is 0 Å². The number of halogens is 1. The first-order valence-corrected chi connectivity index (χ1v) is 8.35. The highest BCUT2D eigenvalue weighted by Gasteiger charge is 2.15. The number of hydrogen-bond donors (Lipinski definition) is 0. The van der Waals surface area contributed by atoms with Crippen LogP contribution in [0.4, 0.5) is 0 Å². The minimum Gasteiger partial charge on any atom is -0.438 e. The summed E-state index contributed by atoms with van der Waals surface area (Å²) in [5.41, 5.74) is 2.75. The van der Waals surface area contributed by atoms with Crippen LogP contribution in [-0.4, -0.2) is 9.38 Å². The summed E-state index contributed by atoms with van der Waals surface area (Å²) in [4.78, 5) is 4.73. The molecule has 0 saturated heterocycles. The van der Waals surface area contributed by atoms with Crippen LogP contribution in [0.25, 0.3) is 16.9 Å². The highest BCUT2D eigenvalue weighted by Crippen LogP contribution is 2.33. The lowest BCUT2D eigenvalue weighted by Crippen LogP contribution is -1.91. The van der Waals surface area contributed by atoms with E-state index < -0.39 is 0 Å². The zero-order valence-electron chi connectivity index (χ0n) is 12.2. The topological polar surface area (TPSA) is 26.5 Å². The molecule has 2 aromatic carbocycles. The number of imidazole rings is 1. The van der Waals surface area contributed by atoms with Crippen molar-refractivity contribution in [3.63, 3.8) is 0 Å². The van der Waals surface area contributed by atoms with Crippen molar-refractivity contribution in [2.75, 3.05) is 0 Å². The molecule has 0 aliphatic heterocycles. The van der Waals surface area contributed by atoms with Crippen molar-refractivity contribution < 1.29 is 4.74 Å². The molecule has 0 amide bonds. The molecule has 0 aliphatic rings. The van der Waals surface area contributed by atoms with Gasteiger partial charge in [-0.2, -0.15) is 0 Å². The van der Waals surface area contributed by atoms with E-state index in [0.29, 0.717) is 0 Å². The Labute approximate surface area is 147 Å². The predicted molar refractivity (Wildman–Crippen MR) is 99.9 cm³/mol. The molecule has 112 valence electrons. The first-order valence-electron chi connectivity index (χ1n) is 7.27. The van der Waals surface area contributed by atoms with Crippen molar-refractivity contribution in [1.82, 2.24) is 9.38 Å². The lowest BCUT2D eigenvalue weighted by atomic mass is 10.2. The second-order valence-corrected chi connectivity index (χ2v) is 6.36. The molecule has 2 heterocycles. The van der Waals surface area contributed by atoms with E-state index in [0.717, 1.165) is 28.5 Å². The quantitative estimate of drug-likeness (QED) is 0.422. The van der Waals surface area contributed by atoms with Crippen LogP contribution in [0.3, 0.4) is 0 Å². The third-order valence-electron chi connectivity index (χ3n) is 3.56. The molecule has 0 bridgehead atoms. The van der Waals surface area contributed by atoms with Crippen molar-refractivity contribution in [3.05, 3.63) is 82.6 Å². The number of aromatic nitrogens is 2. The summed E-state index contributed by atoms with van der Waals surface area (Å²) in [6, 6.07) is 24.0. The maximum absolute atomic E-state index is 6.17. The van der Waals surface area contributed by atoms with E-state index in [1.54, 1.807) is 0 Å². The largest absolute Gasteiger partial charge is 0.438 e. The number of benzene rings is 2. The minimum absolute atomic E-state index is 0.730. The SMILES string of the molecule is Ic1ccc(Oc2c(-c3ccccc3)nc3ccccn23)cc1. The zero-order valence-corrected chi connectivity index (χ0v) is 14.3. The summed E-state index contributed by atoms with van der Waals surface area (Å²) in [5.74, 6) is 1.53. The summed E-state index contributed by atoms with van der Waals surface area (Å²) < 4.78 is 9.32. The summed E-state index contributed by atoms with van der Waals surface area (Å²) >= 11 is 2.28. The van der Waals surface area contributed by atoms with Crippen LogP contribution < -0.4 is 4.74 Å². The van der Waals surface area contributed by atoms with Crippen molar-refractivity contribution in [2.45, 2.75) is 0 Å². The van der Waals surface area contributed by atoms with Gasteiger partial charge >= 0.3 is 0 Å². The monoisotopic (exact) mass is 412 g/mol. The fraction of sp³-hybridized carbons (Fsp3) is 0. The standard InChI is InChI=1S/C19H13IN2O/c20-15-9-11-16(12-10-15)23-19-18(14-6-2-1-3-7-14)21-17-8-4-5-13-22(17)19/h1-13H. The zero-order chi connectivity index (χ0) is 15.6. The second-order valence-electron chi connectivity index (χ2n) is 5.12. The lowest BCUT2D eigenvalue weighted by molar-refractivity contribution is 0.460. The summed E-state index contributed by atoms with van der Waals surface area (Å²) in [6.07, 6.45) is 1.97. The first kappa shape index (κ1) is 14.3. The Morgan fingerprint density at radius 3 is 2.35 bits per heavy atom. The van der Waals surface area contributed by atoms with Gasteiger partial charge in [-0.15, -0.1) is 0 Å². The molecule has 0 unspecified atom stereocenters. The average molecular weight is 412 g/mol. The molecule has 0 atom stereocenters. The maximum atomic E-state index is 6.17. The smallest absolute Gasteiger partial charge is 0.232 e. The normalized spacial score (nSPS) is 10.8. The van der Waals surface area contributed by atoms with Crippen LogP contribution in [0.5, 0.6) is 11.6 Å². The number of hydrogen-bond acceptors (Lipinski definition) is 2. The fourth-order valence-electron chi connectivity index (χ4n) is 2.47. The molecule has 4 aromatic rings. The average Bonchev–Trinajstić information content (AvgIpc) is 2.96. The van der Waals surface area contributed by atoms with Crippen LogP contribution in [0.15, 0.2) is 79.0 Å². The summed E-state index contributed by atoms with van der Waals surface area (Å²) in [6.45, 7) is 0. The van der Waals surface area contributed by atoms with Crippen molar-refractivity contribution in [3.8, 4) is 22.9 Å². The number of pyridine rings is 1. The van der Waals surface area contributed by atoms with Gasteiger partial charge in [-0.25, -0.2) is 4.98 Å². The lowest BCUT2D eigenvalue weighted by Gasteiger charge is -2.08. The van der Waals surface area contributed by atoms with Gasteiger partial charge in [0.2, 0.25) is 5.88 Å². The van der Waals surface area contributed by atoms with E-state index in [2.05, 4.69) is 22.6 Å². The number of fused-ring (bicyclic) bond motifs is 1. The third kappa shape index (κ3) is 2.82.